The molecule has 8 nitrogen and oxygen atoms in total. The lowest BCUT2D eigenvalue weighted by Crippen LogP contribution is -2.44. The maximum atomic E-state index is 6.53. The number of oxazole rings is 1. The van der Waals surface area contributed by atoms with E-state index in [-0.39, 0.29) is 11.5 Å². The van der Waals surface area contributed by atoms with E-state index in [1.807, 2.05) is 18.5 Å². The average Bonchev–Trinajstić information content (AvgIpc) is 3.49. The summed E-state index contributed by atoms with van der Waals surface area (Å²) in [5.74, 6) is 2.77. The van der Waals surface area contributed by atoms with Crippen LogP contribution in [0.3, 0.4) is 0 Å². The first kappa shape index (κ1) is 19.1. The van der Waals surface area contributed by atoms with E-state index in [2.05, 4.69) is 30.9 Å². The molecule has 0 radical (unpaired) electrons. The van der Waals surface area contributed by atoms with Crippen LogP contribution in [0.1, 0.15) is 54.8 Å². The molecule has 1 atom stereocenters. The Morgan fingerprint density at radius 2 is 2.00 bits per heavy atom. The molecule has 3 aromatic heterocycles. The van der Waals surface area contributed by atoms with E-state index in [0.29, 0.717) is 11.7 Å². The summed E-state index contributed by atoms with van der Waals surface area (Å²) in [5, 5.41) is 0.735. The molecule has 0 aromatic carbocycles. The number of rotatable bonds is 4. The Balaban J connectivity index is 1.14. The third-order valence-corrected chi connectivity index (χ3v) is 7.93. The molecule has 160 valence electrons. The van der Waals surface area contributed by atoms with Gasteiger partial charge in [-0.25, -0.2) is 15.0 Å². The summed E-state index contributed by atoms with van der Waals surface area (Å²) in [6.45, 7) is 1.74. The quantitative estimate of drug-likeness (QED) is 0.636. The molecule has 9 heteroatoms. The van der Waals surface area contributed by atoms with Crippen LogP contribution in [0.2, 0.25) is 0 Å². The molecule has 3 aromatic rings. The number of nitrogens with zero attached hydrogens (tertiary/aromatic N) is 5. The maximum absolute atomic E-state index is 6.53. The zero-order valence-corrected chi connectivity index (χ0v) is 18.0. The van der Waals surface area contributed by atoms with Gasteiger partial charge in [0.05, 0.1) is 17.9 Å². The lowest BCUT2D eigenvalue weighted by molar-refractivity contribution is 0.173. The number of hydrogen-bond acceptors (Lipinski definition) is 9. The molecule has 1 aliphatic heterocycles. The molecular weight excluding hydrogens is 410 g/mol. The SMILES string of the molecule is Nc1nc(N2CCC3(CC2)Cc2ncoc2[C@H]3N)cnc1Sc1ccnc(C2CC2)c1. The smallest absolute Gasteiger partial charge is 0.181 e. The Morgan fingerprint density at radius 3 is 2.74 bits per heavy atom. The van der Waals surface area contributed by atoms with Crippen LogP contribution in [0.15, 0.2) is 45.3 Å². The molecule has 1 spiro atoms. The van der Waals surface area contributed by atoms with Crippen LogP contribution in [0.25, 0.3) is 0 Å². The van der Waals surface area contributed by atoms with Gasteiger partial charge in [0.25, 0.3) is 0 Å². The van der Waals surface area contributed by atoms with E-state index in [9.17, 15) is 0 Å². The van der Waals surface area contributed by atoms with Crippen molar-refractivity contribution in [2.75, 3.05) is 23.7 Å². The molecule has 1 saturated heterocycles. The second kappa shape index (κ2) is 7.20. The van der Waals surface area contributed by atoms with Crippen LogP contribution in [-0.4, -0.2) is 33.0 Å². The van der Waals surface area contributed by atoms with E-state index in [4.69, 9.17) is 15.9 Å². The summed E-state index contributed by atoms with van der Waals surface area (Å²) in [4.78, 5) is 21.5. The van der Waals surface area contributed by atoms with E-state index in [1.165, 1.54) is 19.2 Å². The van der Waals surface area contributed by atoms with Gasteiger partial charge in [-0.3, -0.25) is 4.98 Å². The zero-order chi connectivity index (χ0) is 21.0. The minimum absolute atomic E-state index is 0.0360. The van der Waals surface area contributed by atoms with Crippen LogP contribution in [-0.2, 0) is 6.42 Å². The minimum atomic E-state index is -0.0806. The van der Waals surface area contributed by atoms with Crippen molar-refractivity contribution in [2.45, 2.75) is 54.0 Å². The normalized spacial score (nSPS) is 22.1. The summed E-state index contributed by atoms with van der Waals surface area (Å²) in [5.41, 5.74) is 15.0. The summed E-state index contributed by atoms with van der Waals surface area (Å²) < 4.78 is 5.53. The summed E-state index contributed by atoms with van der Waals surface area (Å²) in [7, 11) is 0. The third kappa shape index (κ3) is 3.36. The Hall–Kier alpha value is -2.65. The van der Waals surface area contributed by atoms with Gasteiger partial charge in [0.15, 0.2) is 12.2 Å². The molecule has 4 N–H and O–H groups in total. The second-order valence-electron chi connectivity index (χ2n) is 8.88. The van der Waals surface area contributed by atoms with Crippen molar-refractivity contribution >= 4 is 23.4 Å². The van der Waals surface area contributed by atoms with Gasteiger partial charge in [0.2, 0.25) is 0 Å². The Morgan fingerprint density at radius 1 is 1.16 bits per heavy atom. The van der Waals surface area contributed by atoms with E-state index < -0.39 is 0 Å². The molecule has 4 heterocycles. The highest BCUT2D eigenvalue weighted by Gasteiger charge is 2.48. The molecule has 2 aliphatic carbocycles. The zero-order valence-electron chi connectivity index (χ0n) is 17.2. The van der Waals surface area contributed by atoms with Crippen molar-refractivity contribution in [1.29, 1.82) is 0 Å². The molecule has 0 unspecified atom stereocenters. The molecule has 3 aliphatic rings. The number of piperidine rings is 1. The van der Waals surface area contributed by atoms with Gasteiger partial charge in [0.1, 0.15) is 16.6 Å². The number of fused-ring (bicyclic) bond motifs is 1. The lowest BCUT2D eigenvalue weighted by atomic mass is 9.73. The largest absolute Gasteiger partial charge is 0.447 e. The Labute approximate surface area is 184 Å². The highest BCUT2D eigenvalue weighted by molar-refractivity contribution is 7.99. The van der Waals surface area contributed by atoms with Gasteiger partial charge in [-0.1, -0.05) is 11.8 Å². The summed E-state index contributed by atoms with van der Waals surface area (Å²) >= 11 is 1.55. The molecule has 31 heavy (non-hydrogen) atoms. The van der Waals surface area contributed by atoms with Gasteiger partial charge < -0.3 is 20.8 Å². The van der Waals surface area contributed by atoms with Crippen molar-refractivity contribution in [3.05, 3.63) is 48.1 Å². The fourth-order valence-corrected chi connectivity index (χ4v) is 5.66. The number of nitrogens with two attached hydrogens (primary N) is 2. The molecule has 0 bridgehead atoms. The van der Waals surface area contributed by atoms with E-state index in [1.54, 1.807) is 11.8 Å². The maximum Gasteiger partial charge on any atom is 0.181 e. The topological polar surface area (TPSA) is 120 Å². The van der Waals surface area contributed by atoms with Crippen LogP contribution in [0.5, 0.6) is 0 Å². The van der Waals surface area contributed by atoms with Gasteiger partial charge in [-0.05, 0) is 37.8 Å². The molecule has 1 saturated carbocycles. The average molecular weight is 436 g/mol. The lowest BCUT2D eigenvalue weighted by Gasteiger charge is -2.42. The van der Waals surface area contributed by atoms with Crippen molar-refractivity contribution in [2.24, 2.45) is 11.1 Å². The van der Waals surface area contributed by atoms with Gasteiger partial charge in [-0.2, -0.15) is 0 Å². The number of aromatic nitrogens is 4. The number of hydrogen-bond donors (Lipinski definition) is 2. The summed E-state index contributed by atoms with van der Waals surface area (Å²) in [6.07, 6.45) is 10.5. The monoisotopic (exact) mass is 435 g/mol. The van der Waals surface area contributed by atoms with Crippen molar-refractivity contribution in [1.82, 2.24) is 19.9 Å². The molecular formula is C22H25N7OS. The Kier molecular flexibility index (Phi) is 4.43. The van der Waals surface area contributed by atoms with E-state index >= 15 is 0 Å². The standard InChI is InChI=1S/C22H25N7OS/c23-19-18-16(27-12-30-18)10-22(19)4-7-29(8-5-22)17-11-26-21(20(24)28-17)31-14-3-6-25-15(9-14)13-1-2-13/h3,6,9,11-13,19H,1-2,4-5,7-8,10,23H2,(H2,24,28)/t19-/m1/s1. The first-order valence-electron chi connectivity index (χ1n) is 10.8. The van der Waals surface area contributed by atoms with Crippen molar-refractivity contribution in [3.8, 4) is 0 Å². The fraction of sp³-hybridized carbons (Fsp3) is 0.455. The third-order valence-electron chi connectivity index (χ3n) is 6.93. The van der Waals surface area contributed by atoms with Crippen LogP contribution < -0.4 is 16.4 Å². The summed E-state index contributed by atoms with van der Waals surface area (Å²) in [6, 6.07) is 4.06. The predicted octanol–water partition coefficient (Wildman–Crippen LogP) is 3.31. The van der Waals surface area contributed by atoms with Crippen molar-refractivity contribution in [3.63, 3.8) is 0 Å². The van der Waals surface area contributed by atoms with Crippen LogP contribution >= 0.6 is 11.8 Å². The predicted molar refractivity (Wildman–Crippen MR) is 118 cm³/mol. The molecule has 0 amide bonds. The van der Waals surface area contributed by atoms with Crippen LogP contribution in [0.4, 0.5) is 11.6 Å². The number of pyridine rings is 1. The van der Waals surface area contributed by atoms with Crippen molar-refractivity contribution < 1.29 is 4.42 Å². The number of nitrogen functional groups attached to an aromatic ring is 1. The van der Waals surface area contributed by atoms with Gasteiger partial charge >= 0.3 is 0 Å². The number of anilines is 2. The first-order valence-corrected chi connectivity index (χ1v) is 11.6. The highest BCUT2D eigenvalue weighted by atomic mass is 32.2. The molecule has 6 rings (SSSR count). The minimum Gasteiger partial charge on any atom is -0.447 e. The Bertz CT molecular complexity index is 1120. The fourth-order valence-electron chi connectivity index (χ4n) is 4.87. The highest BCUT2D eigenvalue weighted by Crippen LogP contribution is 2.50. The first-order chi connectivity index (χ1) is 15.1. The van der Waals surface area contributed by atoms with Gasteiger partial charge in [0, 0.05) is 47.6 Å². The second-order valence-corrected chi connectivity index (χ2v) is 9.94. The molecule has 2 fully saturated rings. The van der Waals surface area contributed by atoms with E-state index in [0.717, 1.165) is 65.2 Å². The van der Waals surface area contributed by atoms with Gasteiger partial charge in [-0.15, -0.1) is 0 Å². The van der Waals surface area contributed by atoms with Crippen LogP contribution in [0, 0.1) is 5.41 Å².